The summed E-state index contributed by atoms with van der Waals surface area (Å²) in [5, 5.41) is 11.7. The van der Waals surface area contributed by atoms with Crippen molar-refractivity contribution in [3.8, 4) is 0 Å². The van der Waals surface area contributed by atoms with Gasteiger partial charge in [0.05, 0.1) is 12.0 Å². The Labute approximate surface area is 119 Å². The lowest BCUT2D eigenvalue weighted by atomic mass is 9.74. The minimum absolute atomic E-state index is 0.0395. The maximum atomic E-state index is 12.2. The number of aliphatic carboxylic acids is 1. The van der Waals surface area contributed by atoms with Crippen LogP contribution in [0, 0.1) is 0 Å². The summed E-state index contributed by atoms with van der Waals surface area (Å²) in [6.45, 7) is 0. The van der Waals surface area contributed by atoms with Crippen LogP contribution in [-0.4, -0.2) is 22.5 Å². The third-order valence-electron chi connectivity index (χ3n) is 3.36. The molecule has 0 aliphatic heterocycles. The summed E-state index contributed by atoms with van der Waals surface area (Å²) in [5.41, 5.74) is 6.01. The van der Waals surface area contributed by atoms with Crippen LogP contribution in [0.3, 0.4) is 0 Å². The molecule has 1 saturated carbocycles. The molecule has 0 aromatic heterocycles. The number of carboxylic acids is 1. The number of rotatable bonds is 4. The monoisotopic (exact) mass is 326 g/mol. The molecule has 0 unspecified atom stereocenters. The minimum Gasteiger partial charge on any atom is -0.481 e. The van der Waals surface area contributed by atoms with Crippen molar-refractivity contribution in [2.24, 2.45) is 0 Å². The predicted molar refractivity (Wildman–Crippen MR) is 74.9 cm³/mol. The van der Waals surface area contributed by atoms with Crippen LogP contribution in [0.25, 0.3) is 0 Å². The lowest BCUT2D eigenvalue weighted by Gasteiger charge is -2.41. The zero-order chi connectivity index (χ0) is 14.0. The van der Waals surface area contributed by atoms with Crippen molar-refractivity contribution < 1.29 is 14.7 Å². The first-order valence-electron chi connectivity index (χ1n) is 6.01. The van der Waals surface area contributed by atoms with Crippen molar-refractivity contribution in [1.82, 2.24) is 5.32 Å². The van der Waals surface area contributed by atoms with Gasteiger partial charge in [0.15, 0.2) is 0 Å². The van der Waals surface area contributed by atoms with Gasteiger partial charge in [-0.25, -0.2) is 0 Å². The van der Waals surface area contributed by atoms with Crippen molar-refractivity contribution in [1.29, 1.82) is 0 Å². The molecule has 0 atom stereocenters. The fraction of sp³-hybridized carbons (Fsp3) is 0.385. The average Bonchev–Trinajstić information content (AvgIpc) is 2.23. The maximum Gasteiger partial charge on any atom is 0.305 e. The summed E-state index contributed by atoms with van der Waals surface area (Å²) in [4.78, 5) is 23.0. The molecule has 1 amide bonds. The Hall–Kier alpha value is -1.56. The summed E-state index contributed by atoms with van der Waals surface area (Å²) < 4.78 is 0.721. The molecule has 4 N–H and O–H groups in total. The van der Waals surface area contributed by atoms with Crippen molar-refractivity contribution in [2.45, 2.75) is 31.2 Å². The first-order chi connectivity index (χ1) is 8.90. The predicted octanol–water partition coefficient (Wildman–Crippen LogP) is 2.16. The first-order valence-corrected chi connectivity index (χ1v) is 6.80. The number of carboxylic acid groups (broad SMARTS) is 1. The topological polar surface area (TPSA) is 92.4 Å². The molecule has 6 heteroatoms. The summed E-state index contributed by atoms with van der Waals surface area (Å²) >= 11 is 3.28. The second kappa shape index (κ2) is 5.21. The molecule has 2 rings (SSSR count). The second-order valence-corrected chi connectivity index (χ2v) is 5.85. The molecule has 0 saturated heterocycles. The van der Waals surface area contributed by atoms with Gasteiger partial charge in [0, 0.05) is 15.7 Å². The molecule has 1 fully saturated rings. The third-order valence-corrected chi connectivity index (χ3v) is 3.82. The Morgan fingerprint density at radius 2 is 2.05 bits per heavy atom. The Balaban J connectivity index is 2.13. The average molecular weight is 327 g/mol. The number of carbonyl (C=O) groups excluding carboxylic acids is 1. The number of hydrogen-bond donors (Lipinski definition) is 3. The van der Waals surface area contributed by atoms with Gasteiger partial charge in [-0.05, 0) is 37.5 Å². The Kier molecular flexibility index (Phi) is 3.80. The van der Waals surface area contributed by atoms with E-state index in [0.29, 0.717) is 24.1 Å². The van der Waals surface area contributed by atoms with Gasteiger partial charge >= 0.3 is 5.97 Å². The SMILES string of the molecule is Nc1cc(Br)cc(C(=O)NC2(CC(=O)O)CCC2)c1. The van der Waals surface area contributed by atoms with Crippen LogP contribution in [-0.2, 0) is 4.79 Å². The molecule has 0 spiro atoms. The highest BCUT2D eigenvalue weighted by Gasteiger charge is 2.40. The van der Waals surface area contributed by atoms with Gasteiger partial charge in [0.1, 0.15) is 0 Å². The first kappa shape index (κ1) is 13.9. The van der Waals surface area contributed by atoms with Gasteiger partial charge in [-0.1, -0.05) is 15.9 Å². The van der Waals surface area contributed by atoms with E-state index < -0.39 is 11.5 Å². The van der Waals surface area contributed by atoms with Crippen molar-refractivity contribution in [3.63, 3.8) is 0 Å². The number of nitrogen functional groups attached to an aromatic ring is 1. The van der Waals surface area contributed by atoms with E-state index in [9.17, 15) is 9.59 Å². The fourth-order valence-corrected chi connectivity index (χ4v) is 2.81. The molecule has 19 heavy (non-hydrogen) atoms. The van der Waals surface area contributed by atoms with E-state index >= 15 is 0 Å². The van der Waals surface area contributed by atoms with Gasteiger partial charge in [-0.15, -0.1) is 0 Å². The van der Waals surface area contributed by atoms with E-state index in [-0.39, 0.29) is 12.3 Å². The highest BCUT2D eigenvalue weighted by atomic mass is 79.9. The fourth-order valence-electron chi connectivity index (χ4n) is 2.30. The molecular formula is C13H15BrN2O3. The lowest BCUT2D eigenvalue weighted by molar-refractivity contribution is -0.139. The number of nitrogens with one attached hydrogen (secondary N) is 1. The van der Waals surface area contributed by atoms with Gasteiger partial charge in [0.2, 0.25) is 0 Å². The normalized spacial score (nSPS) is 16.5. The number of hydrogen-bond acceptors (Lipinski definition) is 3. The molecule has 1 aliphatic carbocycles. The maximum absolute atomic E-state index is 12.2. The summed E-state index contributed by atoms with van der Waals surface area (Å²) in [6, 6.07) is 4.94. The molecular weight excluding hydrogens is 312 g/mol. The van der Waals surface area contributed by atoms with Crippen LogP contribution in [0.4, 0.5) is 5.69 Å². The highest BCUT2D eigenvalue weighted by molar-refractivity contribution is 9.10. The number of amides is 1. The smallest absolute Gasteiger partial charge is 0.305 e. The quantitative estimate of drug-likeness (QED) is 0.739. The molecule has 5 nitrogen and oxygen atoms in total. The zero-order valence-corrected chi connectivity index (χ0v) is 11.9. The molecule has 1 aliphatic rings. The van der Waals surface area contributed by atoms with Crippen molar-refractivity contribution in [2.75, 3.05) is 5.73 Å². The van der Waals surface area contributed by atoms with Crippen LogP contribution in [0.2, 0.25) is 0 Å². The summed E-state index contributed by atoms with van der Waals surface area (Å²) in [6.07, 6.45) is 2.31. The number of nitrogens with two attached hydrogens (primary N) is 1. The molecule has 102 valence electrons. The van der Waals surface area contributed by atoms with Crippen molar-refractivity contribution in [3.05, 3.63) is 28.2 Å². The van der Waals surface area contributed by atoms with E-state index in [1.165, 1.54) is 0 Å². The molecule has 1 aromatic rings. The van der Waals surface area contributed by atoms with Gasteiger partial charge in [-0.2, -0.15) is 0 Å². The van der Waals surface area contributed by atoms with Gasteiger partial charge in [0.25, 0.3) is 5.91 Å². The molecule has 0 bridgehead atoms. The van der Waals surface area contributed by atoms with Crippen molar-refractivity contribution >= 4 is 33.5 Å². The van der Waals surface area contributed by atoms with Crippen LogP contribution >= 0.6 is 15.9 Å². The molecule has 0 heterocycles. The number of anilines is 1. The summed E-state index contributed by atoms with van der Waals surface area (Å²) in [7, 11) is 0. The zero-order valence-electron chi connectivity index (χ0n) is 10.3. The van der Waals surface area contributed by atoms with E-state index in [0.717, 1.165) is 10.9 Å². The number of halogens is 1. The second-order valence-electron chi connectivity index (χ2n) is 4.93. The lowest BCUT2D eigenvalue weighted by Crippen LogP contribution is -2.54. The van der Waals surface area contributed by atoms with Gasteiger partial charge in [-0.3, -0.25) is 9.59 Å². The van der Waals surface area contributed by atoms with Crippen LogP contribution < -0.4 is 11.1 Å². The van der Waals surface area contributed by atoms with E-state index in [4.69, 9.17) is 10.8 Å². The third kappa shape index (κ3) is 3.26. The largest absolute Gasteiger partial charge is 0.481 e. The highest BCUT2D eigenvalue weighted by Crippen LogP contribution is 2.35. The Morgan fingerprint density at radius 3 is 2.53 bits per heavy atom. The van der Waals surface area contributed by atoms with E-state index in [2.05, 4.69) is 21.2 Å². The number of carbonyl (C=O) groups is 2. The van der Waals surface area contributed by atoms with Crippen LogP contribution in [0.1, 0.15) is 36.0 Å². The van der Waals surface area contributed by atoms with E-state index in [1.54, 1.807) is 18.2 Å². The molecule has 1 aromatic carbocycles. The Bertz CT molecular complexity index is 506. The van der Waals surface area contributed by atoms with Crippen LogP contribution in [0.15, 0.2) is 22.7 Å². The number of benzene rings is 1. The minimum atomic E-state index is -0.895. The van der Waals surface area contributed by atoms with Crippen LogP contribution in [0.5, 0.6) is 0 Å². The Morgan fingerprint density at radius 1 is 1.37 bits per heavy atom. The summed E-state index contributed by atoms with van der Waals surface area (Å²) in [5.74, 6) is -1.18. The van der Waals surface area contributed by atoms with E-state index in [1.807, 2.05) is 0 Å². The van der Waals surface area contributed by atoms with Gasteiger partial charge < -0.3 is 16.2 Å². The molecule has 0 radical (unpaired) electrons. The standard InChI is InChI=1S/C13H15BrN2O3/c14-9-4-8(5-10(15)6-9)12(19)16-13(2-1-3-13)7-11(17)18/h4-6H,1-3,7,15H2,(H,16,19)(H,17,18).